The molecule has 2 nitrogen and oxygen atoms in total. The number of amides is 1. The number of hydrogen-bond donors (Lipinski definition) is 0. The van der Waals surface area contributed by atoms with Crippen LogP contribution >= 0.6 is 0 Å². The van der Waals surface area contributed by atoms with Gasteiger partial charge in [0.05, 0.1) is 0 Å². The average molecular weight is 183 g/mol. The van der Waals surface area contributed by atoms with Crippen molar-refractivity contribution in [2.24, 2.45) is 0 Å². The van der Waals surface area contributed by atoms with E-state index in [0.29, 0.717) is 0 Å². The maximum absolute atomic E-state index is 11.4. The predicted molar refractivity (Wildman–Crippen MR) is 56.6 cm³/mol. The number of hydrogen-bond acceptors (Lipinski definition) is 1. The molecule has 2 heteroatoms. The van der Waals surface area contributed by atoms with Gasteiger partial charge >= 0.3 is 0 Å². The van der Waals surface area contributed by atoms with Crippen LogP contribution in [0.1, 0.15) is 40.5 Å². The van der Waals surface area contributed by atoms with Crippen molar-refractivity contribution in [2.75, 3.05) is 13.6 Å². The molecule has 76 valence electrons. The van der Waals surface area contributed by atoms with E-state index in [2.05, 4.69) is 0 Å². The summed E-state index contributed by atoms with van der Waals surface area (Å²) in [7, 11) is 1.87. The van der Waals surface area contributed by atoms with E-state index in [0.717, 1.165) is 25.0 Å². The van der Waals surface area contributed by atoms with Crippen LogP contribution in [0, 0.1) is 0 Å². The standard InChI is InChI=1S/C9H15NO.C2H6/c1-7-5-4-6-10(3)9(11)8(7)2;1-2/h4-6H2,1-3H3;1-2H3. The Morgan fingerprint density at radius 3 is 2.31 bits per heavy atom. The summed E-state index contributed by atoms with van der Waals surface area (Å²) in [5.41, 5.74) is 2.18. The molecule has 0 aromatic carbocycles. The van der Waals surface area contributed by atoms with Crippen LogP contribution in [0.2, 0.25) is 0 Å². The minimum atomic E-state index is 0.194. The molecule has 13 heavy (non-hydrogen) atoms. The summed E-state index contributed by atoms with van der Waals surface area (Å²) in [6.45, 7) is 8.86. The Hall–Kier alpha value is -0.790. The normalized spacial score (nSPS) is 17.9. The Bertz CT molecular complexity index is 206. The first-order valence-electron chi connectivity index (χ1n) is 5.04. The molecule has 0 N–H and O–H groups in total. The highest BCUT2D eigenvalue weighted by Crippen LogP contribution is 2.16. The Kier molecular flexibility index (Phi) is 5.44. The van der Waals surface area contributed by atoms with E-state index >= 15 is 0 Å². The molecule has 0 aromatic rings. The molecule has 1 rings (SSSR count). The van der Waals surface area contributed by atoms with E-state index in [-0.39, 0.29) is 5.91 Å². The minimum absolute atomic E-state index is 0.194. The molecule has 0 aliphatic carbocycles. The molecule has 0 aromatic heterocycles. The summed E-state index contributed by atoms with van der Waals surface area (Å²) in [5, 5.41) is 0. The Labute approximate surface area is 81.6 Å². The molecule has 0 radical (unpaired) electrons. The first kappa shape index (κ1) is 12.2. The van der Waals surface area contributed by atoms with E-state index in [9.17, 15) is 4.79 Å². The number of allylic oxidation sites excluding steroid dienone is 1. The lowest BCUT2D eigenvalue weighted by atomic mass is 10.1. The van der Waals surface area contributed by atoms with Gasteiger partial charge in [0.15, 0.2) is 0 Å². The highest BCUT2D eigenvalue weighted by molar-refractivity contribution is 5.93. The third-order valence-electron chi connectivity index (χ3n) is 2.35. The van der Waals surface area contributed by atoms with E-state index in [1.165, 1.54) is 5.57 Å². The lowest BCUT2D eigenvalue weighted by Crippen LogP contribution is -2.26. The molecular weight excluding hydrogens is 162 g/mol. The van der Waals surface area contributed by atoms with Crippen LogP contribution in [-0.4, -0.2) is 24.4 Å². The summed E-state index contributed by atoms with van der Waals surface area (Å²) in [4.78, 5) is 13.2. The van der Waals surface area contributed by atoms with Gasteiger partial charge in [0.1, 0.15) is 0 Å². The van der Waals surface area contributed by atoms with Crippen molar-refractivity contribution in [3.63, 3.8) is 0 Å². The van der Waals surface area contributed by atoms with Gasteiger partial charge < -0.3 is 4.90 Å². The van der Waals surface area contributed by atoms with Crippen LogP contribution < -0.4 is 0 Å². The molecule has 1 amide bonds. The Morgan fingerprint density at radius 2 is 1.77 bits per heavy atom. The van der Waals surface area contributed by atoms with Gasteiger partial charge in [-0.25, -0.2) is 0 Å². The predicted octanol–water partition coefficient (Wildman–Crippen LogP) is 2.60. The second-order valence-electron chi connectivity index (χ2n) is 3.24. The summed E-state index contributed by atoms with van der Waals surface area (Å²) >= 11 is 0. The smallest absolute Gasteiger partial charge is 0.249 e. The zero-order valence-corrected chi connectivity index (χ0v) is 9.48. The molecule has 0 spiro atoms. The maximum atomic E-state index is 11.4. The van der Waals surface area contributed by atoms with Crippen molar-refractivity contribution in [1.82, 2.24) is 4.90 Å². The van der Waals surface area contributed by atoms with Crippen molar-refractivity contribution in [3.8, 4) is 0 Å². The molecule has 0 saturated heterocycles. The van der Waals surface area contributed by atoms with E-state index < -0.39 is 0 Å². The van der Waals surface area contributed by atoms with Crippen LogP contribution in [0.5, 0.6) is 0 Å². The third kappa shape index (κ3) is 3.21. The van der Waals surface area contributed by atoms with Gasteiger partial charge in [0.25, 0.3) is 0 Å². The largest absolute Gasteiger partial charge is 0.342 e. The first-order valence-corrected chi connectivity index (χ1v) is 5.04. The SMILES string of the molecule is CC.CC1=C(C)C(=O)N(C)CCC1. The highest BCUT2D eigenvalue weighted by atomic mass is 16.2. The van der Waals surface area contributed by atoms with Gasteiger partial charge in [-0.3, -0.25) is 4.79 Å². The number of carbonyl (C=O) groups is 1. The summed E-state index contributed by atoms with van der Waals surface area (Å²) in [5.74, 6) is 0.194. The van der Waals surface area contributed by atoms with Crippen LogP contribution in [-0.2, 0) is 4.79 Å². The second-order valence-corrected chi connectivity index (χ2v) is 3.24. The van der Waals surface area contributed by atoms with Gasteiger partial charge in [-0.05, 0) is 26.7 Å². The van der Waals surface area contributed by atoms with Gasteiger partial charge in [-0.15, -0.1) is 0 Å². The topological polar surface area (TPSA) is 20.3 Å². The van der Waals surface area contributed by atoms with Crippen molar-refractivity contribution >= 4 is 5.91 Å². The van der Waals surface area contributed by atoms with Crippen molar-refractivity contribution < 1.29 is 4.79 Å². The second kappa shape index (κ2) is 5.79. The molecule has 1 aliphatic rings. The lowest BCUT2D eigenvalue weighted by Gasteiger charge is -2.13. The zero-order valence-electron chi connectivity index (χ0n) is 9.48. The molecular formula is C11H21NO. The number of carbonyl (C=O) groups excluding carboxylic acids is 1. The Balaban J connectivity index is 0.000000671. The molecule has 0 bridgehead atoms. The minimum Gasteiger partial charge on any atom is -0.342 e. The molecule has 0 fully saturated rings. The third-order valence-corrected chi connectivity index (χ3v) is 2.35. The fourth-order valence-corrected chi connectivity index (χ4v) is 1.34. The van der Waals surface area contributed by atoms with E-state index in [1.54, 1.807) is 4.90 Å². The number of likely N-dealkylation sites (N-methyl/N-ethyl adjacent to an activating group) is 1. The molecule has 0 saturated carbocycles. The van der Waals surface area contributed by atoms with Crippen molar-refractivity contribution in [1.29, 1.82) is 0 Å². The van der Waals surface area contributed by atoms with Gasteiger partial charge in [-0.2, -0.15) is 0 Å². The van der Waals surface area contributed by atoms with E-state index in [4.69, 9.17) is 0 Å². The van der Waals surface area contributed by atoms with Crippen LogP contribution in [0.3, 0.4) is 0 Å². The van der Waals surface area contributed by atoms with Gasteiger partial charge in [0, 0.05) is 19.2 Å². The van der Waals surface area contributed by atoms with Gasteiger partial charge in [-0.1, -0.05) is 19.4 Å². The van der Waals surface area contributed by atoms with Gasteiger partial charge in [0.2, 0.25) is 5.91 Å². The van der Waals surface area contributed by atoms with Crippen molar-refractivity contribution in [2.45, 2.75) is 40.5 Å². The molecule has 1 heterocycles. The molecule has 0 atom stereocenters. The van der Waals surface area contributed by atoms with Crippen LogP contribution in [0.15, 0.2) is 11.1 Å². The van der Waals surface area contributed by atoms with E-state index in [1.807, 2.05) is 34.7 Å². The average Bonchev–Trinajstić information content (AvgIpc) is 2.26. The fraction of sp³-hybridized carbons (Fsp3) is 0.727. The number of nitrogens with zero attached hydrogens (tertiary/aromatic N) is 1. The monoisotopic (exact) mass is 183 g/mol. The summed E-state index contributed by atoms with van der Waals surface area (Å²) in [6.07, 6.45) is 2.17. The fourth-order valence-electron chi connectivity index (χ4n) is 1.34. The van der Waals surface area contributed by atoms with Crippen molar-refractivity contribution in [3.05, 3.63) is 11.1 Å². The summed E-state index contributed by atoms with van der Waals surface area (Å²) in [6, 6.07) is 0. The Morgan fingerprint density at radius 1 is 1.23 bits per heavy atom. The maximum Gasteiger partial charge on any atom is 0.249 e. The van der Waals surface area contributed by atoms with Crippen LogP contribution in [0.25, 0.3) is 0 Å². The highest BCUT2D eigenvalue weighted by Gasteiger charge is 2.15. The first-order chi connectivity index (χ1) is 6.13. The lowest BCUT2D eigenvalue weighted by molar-refractivity contribution is -0.125. The number of rotatable bonds is 0. The summed E-state index contributed by atoms with van der Waals surface area (Å²) < 4.78 is 0. The molecule has 0 unspecified atom stereocenters. The quantitative estimate of drug-likeness (QED) is 0.565. The van der Waals surface area contributed by atoms with Crippen LogP contribution in [0.4, 0.5) is 0 Å². The zero-order chi connectivity index (χ0) is 10.4. The molecule has 1 aliphatic heterocycles.